The molecule has 0 saturated heterocycles. The van der Waals surface area contributed by atoms with Crippen LogP contribution >= 0.6 is 94.1 Å². The lowest BCUT2D eigenvalue weighted by molar-refractivity contribution is -0.131. The van der Waals surface area contributed by atoms with Crippen molar-refractivity contribution in [3.63, 3.8) is 0 Å². The van der Waals surface area contributed by atoms with Gasteiger partial charge in [0.05, 0.1) is 25.4 Å². The van der Waals surface area contributed by atoms with Gasteiger partial charge in [0.2, 0.25) is 0 Å². The smallest absolute Gasteiger partial charge is 0.343 e. The first-order valence-electron chi connectivity index (χ1n) is 5.84. The fourth-order valence-corrected chi connectivity index (χ4v) is 12.9. The Hall–Kier alpha value is 0.970. The van der Waals surface area contributed by atoms with Crippen molar-refractivity contribution in [2.45, 2.75) is 6.92 Å². The molecule has 0 unspecified atom stereocenters. The third kappa shape index (κ3) is 3.10. The molecule has 4 aliphatic heterocycles. The third-order valence-electron chi connectivity index (χ3n) is 2.60. The maximum Gasteiger partial charge on any atom is 0.343 e. The summed E-state index contributed by atoms with van der Waals surface area (Å²) in [5.41, 5.74) is 0. The van der Waals surface area contributed by atoms with Crippen LogP contribution in [0.15, 0.2) is 46.0 Å². The molecular weight excluding hydrogens is 433 g/mol. The SMILES string of the molecule is CC1=C(C(=O)O)SC(=C2SC3=C(SC(=C4SC=CS4)S3)S2)S1. The molecule has 1 N–H and O–H groups in total. The molecule has 4 rings (SSSR count). The average Bonchev–Trinajstić information content (AvgIpc) is 3.20. The van der Waals surface area contributed by atoms with Gasteiger partial charge in [0.15, 0.2) is 0 Å². The molecule has 0 amide bonds. The molecule has 0 saturated carbocycles. The van der Waals surface area contributed by atoms with Gasteiger partial charge >= 0.3 is 5.97 Å². The highest BCUT2D eigenvalue weighted by atomic mass is 32.3. The Morgan fingerprint density at radius 3 is 1.68 bits per heavy atom. The summed E-state index contributed by atoms with van der Waals surface area (Å²) in [5.74, 6) is -0.822. The highest BCUT2D eigenvalue weighted by Crippen LogP contribution is 2.71. The summed E-state index contributed by atoms with van der Waals surface area (Å²) in [6, 6.07) is 0. The van der Waals surface area contributed by atoms with Crippen LogP contribution in [0.25, 0.3) is 0 Å². The summed E-state index contributed by atoms with van der Waals surface area (Å²) < 4.78 is 7.77. The Morgan fingerprint density at radius 1 is 0.773 bits per heavy atom. The second kappa shape index (κ2) is 6.70. The number of hydrogen-bond donors (Lipinski definition) is 1. The number of carboxylic acids is 1. The molecule has 0 aromatic carbocycles. The number of rotatable bonds is 1. The molecule has 0 bridgehead atoms. The number of carboxylic acid groups (broad SMARTS) is 1. The predicted octanol–water partition coefficient (Wildman–Crippen LogP) is 7.07. The van der Waals surface area contributed by atoms with Gasteiger partial charge in [0, 0.05) is 4.91 Å². The molecule has 0 aromatic heterocycles. The zero-order chi connectivity index (χ0) is 15.3. The van der Waals surface area contributed by atoms with Crippen LogP contribution in [0.3, 0.4) is 0 Å². The van der Waals surface area contributed by atoms with Gasteiger partial charge in [-0.15, -0.1) is 0 Å². The summed E-state index contributed by atoms with van der Waals surface area (Å²) >= 11 is 13.8. The number of carbonyl (C=O) groups is 1. The molecule has 4 heterocycles. The molecule has 2 nitrogen and oxygen atoms in total. The molecule has 0 aromatic rings. The van der Waals surface area contributed by atoms with Crippen molar-refractivity contribution in [2.24, 2.45) is 0 Å². The van der Waals surface area contributed by atoms with Gasteiger partial charge in [-0.1, -0.05) is 94.1 Å². The quantitative estimate of drug-likeness (QED) is 0.459. The second-order valence-corrected chi connectivity index (χ2v) is 13.7. The highest BCUT2D eigenvalue weighted by molar-refractivity contribution is 8.49. The van der Waals surface area contributed by atoms with Gasteiger partial charge in [0.25, 0.3) is 0 Å². The van der Waals surface area contributed by atoms with Crippen molar-refractivity contribution in [2.75, 3.05) is 0 Å². The van der Waals surface area contributed by atoms with E-state index in [4.69, 9.17) is 0 Å². The zero-order valence-corrected chi connectivity index (χ0v) is 17.3. The van der Waals surface area contributed by atoms with E-state index in [0.29, 0.717) is 4.91 Å². The number of allylic oxidation sites excluding steroid dienone is 1. The minimum absolute atomic E-state index is 0.466. The Morgan fingerprint density at radius 2 is 1.23 bits per heavy atom. The minimum atomic E-state index is -0.822. The van der Waals surface area contributed by atoms with Crippen LogP contribution in [0.4, 0.5) is 0 Å². The van der Waals surface area contributed by atoms with E-state index in [1.165, 1.54) is 32.9 Å². The van der Waals surface area contributed by atoms with E-state index in [-0.39, 0.29) is 0 Å². The van der Waals surface area contributed by atoms with Crippen molar-refractivity contribution >= 4 is 100 Å². The number of thioether (sulfide) groups is 8. The molecule has 0 aliphatic carbocycles. The van der Waals surface area contributed by atoms with Gasteiger partial charge in [-0.05, 0) is 17.7 Å². The molecule has 0 atom stereocenters. The first-order chi connectivity index (χ1) is 10.6. The first-order valence-corrected chi connectivity index (χ1v) is 12.5. The largest absolute Gasteiger partial charge is 0.477 e. The molecule has 0 fully saturated rings. The van der Waals surface area contributed by atoms with Crippen LogP contribution in [-0.4, -0.2) is 11.1 Å². The Balaban J connectivity index is 1.48. The van der Waals surface area contributed by atoms with Crippen LogP contribution < -0.4 is 0 Å². The average molecular weight is 439 g/mol. The maximum atomic E-state index is 11.2. The van der Waals surface area contributed by atoms with Gasteiger partial charge < -0.3 is 5.11 Å². The second-order valence-electron chi connectivity index (χ2n) is 4.04. The van der Waals surface area contributed by atoms with E-state index in [9.17, 15) is 9.90 Å². The summed E-state index contributed by atoms with van der Waals surface area (Å²) in [5, 5.41) is 13.4. The topological polar surface area (TPSA) is 37.3 Å². The maximum absolute atomic E-state index is 11.2. The molecular formula is C12H6O2S8. The van der Waals surface area contributed by atoms with E-state index in [0.717, 1.165) is 9.14 Å². The predicted molar refractivity (Wildman–Crippen MR) is 111 cm³/mol. The fraction of sp³-hybridized carbons (Fsp3) is 0.0833. The summed E-state index contributed by atoms with van der Waals surface area (Å²) in [6.07, 6.45) is 0. The molecule has 10 heteroatoms. The minimum Gasteiger partial charge on any atom is -0.477 e. The fourth-order valence-electron chi connectivity index (χ4n) is 1.70. The number of aliphatic carboxylic acids is 1. The first kappa shape index (κ1) is 16.4. The van der Waals surface area contributed by atoms with Crippen molar-refractivity contribution in [1.29, 1.82) is 0 Å². The van der Waals surface area contributed by atoms with E-state index in [2.05, 4.69) is 10.8 Å². The van der Waals surface area contributed by atoms with E-state index >= 15 is 0 Å². The van der Waals surface area contributed by atoms with Crippen molar-refractivity contribution in [3.05, 3.63) is 46.0 Å². The normalized spacial score (nSPS) is 24.4. The summed E-state index contributed by atoms with van der Waals surface area (Å²) in [6.45, 7) is 1.88. The lowest BCUT2D eigenvalue weighted by atomic mass is 10.5. The standard InChI is InChI=1S/C12H6O2S8/c1-4-5(6(13)14)18-9(17-4)10-21-11-12(22-10)20-8(19-11)7-15-2-3-16-7/h2-3H,1H3,(H,13,14). The summed E-state index contributed by atoms with van der Waals surface area (Å²) in [7, 11) is 0. The van der Waals surface area contributed by atoms with Gasteiger partial charge in [-0.3, -0.25) is 0 Å². The Kier molecular flexibility index (Phi) is 5.01. The van der Waals surface area contributed by atoms with Crippen LogP contribution in [0.2, 0.25) is 0 Å². The van der Waals surface area contributed by atoms with Crippen molar-refractivity contribution < 1.29 is 9.90 Å². The molecule has 114 valence electrons. The lowest BCUT2D eigenvalue weighted by Gasteiger charge is -2.06. The van der Waals surface area contributed by atoms with Crippen molar-refractivity contribution in [1.82, 2.24) is 0 Å². The van der Waals surface area contributed by atoms with Crippen LogP contribution in [0.5, 0.6) is 0 Å². The third-order valence-corrected chi connectivity index (χ3v) is 14.0. The highest BCUT2D eigenvalue weighted by Gasteiger charge is 2.36. The Labute approximate surface area is 161 Å². The molecule has 0 radical (unpaired) electrons. The van der Waals surface area contributed by atoms with E-state index < -0.39 is 5.97 Å². The molecule has 22 heavy (non-hydrogen) atoms. The van der Waals surface area contributed by atoms with Gasteiger partial charge in [-0.2, -0.15) is 0 Å². The van der Waals surface area contributed by atoms with Gasteiger partial charge in [0.1, 0.15) is 4.91 Å². The summed E-state index contributed by atoms with van der Waals surface area (Å²) in [4.78, 5) is 12.6. The lowest BCUT2D eigenvalue weighted by Crippen LogP contribution is -1.94. The van der Waals surface area contributed by atoms with Crippen LogP contribution in [-0.2, 0) is 4.79 Å². The van der Waals surface area contributed by atoms with Crippen molar-refractivity contribution in [3.8, 4) is 0 Å². The number of hydrogen-bond acceptors (Lipinski definition) is 9. The Bertz CT molecular complexity index is 710. The van der Waals surface area contributed by atoms with Crippen LogP contribution in [0.1, 0.15) is 6.92 Å². The molecule has 0 spiro atoms. The monoisotopic (exact) mass is 438 g/mol. The van der Waals surface area contributed by atoms with E-state index in [1.54, 1.807) is 58.8 Å². The molecule has 4 aliphatic rings. The van der Waals surface area contributed by atoms with Gasteiger partial charge in [-0.25, -0.2) is 4.79 Å². The zero-order valence-electron chi connectivity index (χ0n) is 10.8. The van der Waals surface area contributed by atoms with E-state index in [1.807, 2.05) is 30.4 Å². The van der Waals surface area contributed by atoms with Crippen LogP contribution in [0, 0.1) is 0 Å².